The number of allylic oxidation sites excluding steroid dienone is 2. The summed E-state index contributed by atoms with van der Waals surface area (Å²) in [5.74, 6) is -0.375. The van der Waals surface area contributed by atoms with Crippen LogP contribution in [0.3, 0.4) is 0 Å². The predicted octanol–water partition coefficient (Wildman–Crippen LogP) is 7.93. The summed E-state index contributed by atoms with van der Waals surface area (Å²) < 4.78 is 0. The molecule has 2 heterocycles. The first-order valence-corrected chi connectivity index (χ1v) is 14.6. The van der Waals surface area contributed by atoms with Crippen LogP contribution in [0.5, 0.6) is 0 Å². The summed E-state index contributed by atoms with van der Waals surface area (Å²) in [4.78, 5) is 28.5. The molecule has 0 saturated heterocycles. The van der Waals surface area contributed by atoms with Crippen LogP contribution in [-0.2, 0) is 24.9 Å². The minimum Gasteiger partial charge on any atom is -0.876 e. The summed E-state index contributed by atoms with van der Waals surface area (Å²) in [6, 6.07) is 35.4. The quantitative estimate of drug-likeness (QED) is 0.0729. The van der Waals surface area contributed by atoms with E-state index in [2.05, 4.69) is 80.6 Å². The summed E-state index contributed by atoms with van der Waals surface area (Å²) in [6.45, 7) is 6.64. The first-order chi connectivity index (χ1) is 21.8. The molecule has 0 unspecified atom stereocenters. The molecule has 226 valence electrons. The van der Waals surface area contributed by atoms with Crippen molar-refractivity contribution in [1.29, 1.82) is 0 Å². The monoisotopic (exact) mass is 778 g/mol. The first-order valence-electron chi connectivity index (χ1n) is 14.6. The van der Waals surface area contributed by atoms with E-state index in [9.17, 15) is 9.90 Å². The first kappa shape index (κ1) is 32.3. The number of carbonyl (C=O) groups is 1. The second-order valence-electron chi connectivity index (χ2n) is 10.8. The van der Waals surface area contributed by atoms with Gasteiger partial charge in [-0.05, 0) is 37.6 Å². The number of hydrogen-bond acceptors (Lipinski definition) is 6. The van der Waals surface area contributed by atoms with Crippen LogP contribution in [-0.4, -0.2) is 25.7 Å². The number of ketones is 1. The molecular weight excluding hydrogens is 749 g/mol. The predicted molar refractivity (Wildman–Crippen MR) is 181 cm³/mol. The molecule has 0 aliphatic rings. The normalized spacial score (nSPS) is 11.2. The zero-order valence-electron chi connectivity index (χ0n) is 25.8. The van der Waals surface area contributed by atoms with Gasteiger partial charge in [-0.15, -0.1) is 65.1 Å². The van der Waals surface area contributed by atoms with E-state index in [1.807, 2.05) is 62.6 Å². The number of carbonyl (C=O) groups excluding carboxylic acids is 1. The molecule has 2 aromatic heterocycles. The van der Waals surface area contributed by atoms with Crippen LogP contribution in [0.4, 0.5) is 0 Å². The van der Waals surface area contributed by atoms with Gasteiger partial charge in [0.1, 0.15) is 0 Å². The molecule has 0 atom stereocenters. The molecular formula is C39H29IrN4O2. The van der Waals surface area contributed by atoms with Crippen LogP contribution in [0.25, 0.3) is 65.2 Å². The average molecular weight is 778 g/mol. The molecule has 7 heteroatoms. The third-order valence-corrected chi connectivity index (χ3v) is 7.32. The van der Waals surface area contributed by atoms with Crippen molar-refractivity contribution in [2.24, 2.45) is 0 Å². The Bertz CT molecular complexity index is 2190. The maximum absolute atomic E-state index is 9.98. The van der Waals surface area contributed by atoms with E-state index in [1.54, 1.807) is 0 Å². The largest absolute Gasteiger partial charge is 3.00 e. The van der Waals surface area contributed by atoms with E-state index in [0.29, 0.717) is 0 Å². The van der Waals surface area contributed by atoms with Crippen LogP contribution < -0.4 is 5.11 Å². The summed E-state index contributed by atoms with van der Waals surface area (Å²) in [7, 11) is 0. The number of nitrogens with zero attached hydrogens (tertiary/aromatic N) is 4. The van der Waals surface area contributed by atoms with Gasteiger partial charge in [-0.2, -0.15) is 0 Å². The van der Waals surface area contributed by atoms with Crippen LogP contribution in [0.2, 0.25) is 0 Å². The molecule has 0 aliphatic heterocycles. The minimum atomic E-state index is -0.187. The summed E-state index contributed by atoms with van der Waals surface area (Å²) in [6.07, 6.45) is 4.69. The molecule has 0 fully saturated rings. The van der Waals surface area contributed by atoms with Gasteiger partial charge in [-0.25, -0.2) is 0 Å². The van der Waals surface area contributed by atoms with Gasteiger partial charge in [0.25, 0.3) is 0 Å². The Hall–Kier alpha value is -5.10. The zero-order chi connectivity index (χ0) is 31.5. The topological polar surface area (TPSA) is 91.7 Å². The second kappa shape index (κ2) is 13.9. The smallest absolute Gasteiger partial charge is 0.876 e. The number of fused-ring (bicyclic) bond motifs is 12. The Kier molecular flexibility index (Phi) is 9.76. The van der Waals surface area contributed by atoms with Gasteiger partial charge >= 0.3 is 20.1 Å². The molecule has 0 bridgehead atoms. The number of aromatic nitrogens is 4. The van der Waals surface area contributed by atoms with Crippen molar-refractivity contribution in [1.82, 2.24) is 19.9 Å². The molecule has 6 aromatic carbocycles. The van der Waals surface area contributed by atoms with Crippen molar-refractivity contribution in [3.05, 3.63) is 133 Å². The van der Waals surface area contributed by atoms with E-state index in [-0.39, 0.29) is 31.6 Å². The Morgan fingerprint density at radius 3 is 1.37 bits per heavy atom. The van der Waals surface area contributed by atoms with Crippen molar-refractivity contribution < 1.29 is 30.0 Å². The van der Waals surface area contributed by atoms with Gasteiger partial charge in [0.2, 0.25) is 0 Å². The SMILES string of the molecule is CC(=O)/C=C(/C)[O-].Cc1cnc2c3[c-]cccc3c3ccccc3c2n1.Cc1cnc2c3[c-]cccc3c3ccccc3c2n1.[Ir+3]. The van der Waals surface area contributed by atoms with Crippen LogP contribution >= 0.6 is 0 Å². The maximum atomic E-state index is 9.98. The Morgan fingerprint density at radius 1 is 0.609 bits per heavy atom. The third kappa shape index (κ3) is 6.47. The molecule has 0 saturated carbocycles. The van der Waals surface area contributed by atoms with Crippen molar-refractivity contribution in [3.8, 4) is 0 Å². The van der Waals surface area contributed by atoms with E-state index in [4.69, 9.17) is 0 Å². The molecule has 0 aliphatic carbocycles. The number of rotatable bonds is 1. The van der Waals surface area contributed by atoms with Gasteiger partial charge in [0.05, 0.1) is 22.4 Å². The second-order valence-corrected chi connectivity index (χ2v) is 10.8. The summed E-state index contributed by atoms with van der Waals surface area (Å²) in [5, 5.41) is 19.2. The Labute approximate surface area is 280 Å². The van der Waals surface area contributed by atoms with Crippen molar-refractivity contribution >= 4 is 70.9 Å². The van der Waals surface area contributed by atoms with E-state index < -0.39 is 0 Å². The molecule has 0 N–H and O–H groups in total. The van der Waals surface area contributed by atoms with Crippen LogP contribution in [0, 0.1) is 26.0 Å². The van der Waals surface area contributed by atoms with Gasteiger partial charge in [-0.3, -0.25) is 14.8 Å². The number of aryl methyl sites for hydroxylation is 2. The zero-order valence-corrected chi connectivity index (χ0v) is 28.1. The molecule has 0 radical (unpaired) electrons. The number of hydrogen-bond donors (Lipinski definition) is 0. The standard InChI is InChI=1S/2C17H11N2.C5H8O2.Ir/c2*1-11-10-18-16-14-8-4-2-6-12(14)13-7-3-5-9-15(13)17(16)19-11;1-4(6)3-5(2)7;/h2*2-7,9-10H,1H3;3,6H,1-2H3;/q2*-1;;+3/p-1/b;;4-3-;. The molecule has 0 amide bonds. The average Bonchev–Trinajstić information content (AvgIpc) is 3.05. The fraction of sp³-hybridized carbons (Fsp3) is 0.103. The van der Waals surface area contributed by atoms with E-state index >= 15 is 0 Å². The maximum Gasteiger partial charge on any atom is 3.00 e. The molecule has 8 rings (SSSR count). The van der Waals surface area contributed by atoms with Crippen LogP contribution in [0.15, 0.2) is 109 Å². The van der Waals surface area contributed by atoms with Gasteiger partial charge in [0.15, 0.2) is 5.78 Å². The van der Waals surface area contributed by atoms with Gasteiger partial charge < -0.3 is 15.1 Å². The Morgan fingerprint density at radius 2 is 1.00 bits per heavy atom. The van der Waals surface area contributed by atoms with E-state index in [1.165, 1.54) is 35.4 Å². The summed E-state index contributed by atoms with van der Waals surface area (Å²) >= 11 is 0. The molecule has 0 spiro atoms. The van der Waals surface area contributed by atoms with Gasteiger partial charge in [0, 0.05) is 23.4 Å². The van der Waals surface area contributed by atoms with Crippen molar-refractivity contribution in [2.75, 3.05) is 0 Å². The molecule has 8 aromatic rings. The van der Waals surface area contributed by atoms with Crippen molar-refractivity contribution in [2.45, 2.75) is 27.7 Å². The number of benzene rings is 6. The Balaban J connectivity index is 0.000000149. The summed E-state index contributed by atoms with van der Waals surface area (Å²) in [5.41, 5.74) is 5.66. The fourth-order valence-electron chi connectivity index (χ4n) is 5.55. The minimum absolute atomic E-state index is 0. The van der Waals surface area contributed by atoms with Gasteiger partial charge in [-0.1, -0.05) is 77.0 Å². The molecule has 46 heavy (non-hydrogen) atoms. The fourth-order valence-corrected chi connectivity index (χ4v) is 5.55. The van der Waals surface area contributed by atoms with Crippen LogP contribution in [0.1, 0.15) is 25.2 Å². The third-order valence-electron chi connectivity index (χ3n) is 7.32. The molecule has 6 nitrogen and oxygen atoms in total. The van der Waals surface area contributed by atoms with E-state index in [0.717, 1.165) is 61.1 Å². The van der Waals surface area contributed by atoms with Crippen molar-refractivity contribution in [3.63, 3.8) is 0 Å².